The Morgan fingerprint density at radius 2 is 1.71 bits per heavy atom. The Morgan fingerprint density at radius 1 is 1.03 bits per heavy atom. The highest BCUT2D eigenvalue weighted by Crippen LogP contribution is 2.38. The van der Waals surface area contributed by atoms with Crippen LogP contribution in [0.25, 0.3) is 0 Å². The van der Waals surface area contributed by atoms with E-state index in [1.54, 1.807) is 18.2 Å². The molecule has 34 heavy (non-hydrogen) atoms. The molecule has 1 atom stereocenters. The molecular formula is C23H20N4O7. The van der Waals surface area contributed by atoms with Crippen molar-refractivity contribution in [3.63, 3.8) is 0 Å². The minimum atomic E-state index is -0.869. The third kappa shape index (κ3) is 4.13. The maximum absolute atomic E-state index is 13.4. The van der Waals surface area contributed by atoms with Gasteiger partial charge in [-0.1, -0.05) is 6.07 Å². The van der Waals surface area contributed by atoms with E-state index in [4.69, 9.17) is 9.47 Å². The number of nitrogens with one attached hydrogen (secondary N) is 1. The summed E-state index contributed by atoms with van der Waals surface area (Å²) in [6.07, 6.45) is 0.550. The highest BCUT2D eigenvalue weighted by molar-refractivity contribution is 6.02. The van der Waals surface area contributed by atoms with Gasteiger partial charge in [0.15, 0.2) is 29.2 Å². The van der Waals surface area contributed by atoms with Gasteiger partial charge in [0, 0.05) is 17.7 Å². The first-order valence-electron chi connectivity index (χ1n) is 9.98. The molecule has 174 valence electrons. The number of hydrazone groups is 1. The topological polar surface area (TPSA) is 147 Å². The largest absolute Gasteiger partial charge is 0.504 e. The smallest absolute Gasteiger partial charge is 0.278 e. The van der Waals surface area contributed by atoms with Crippen LogP contribution in [0.2, 0.25) is 0 Å². The molecule has 3 N–H and O–H groups in total. The Balaban J connectivity index is 1.79. The van der Waals surface area contributed by atoms with E-state index in [1.165, 1.54) is 61.8 Å². The lowest BCUT2D eigenvalue weighted by Gasteiger charge is -2.34. The second-order valence-electron chi connectivity index (χ2n) is 7.29. The zero-order chi connectivity index (χ0) is 24.4. The number of nitrogens with zero attached hydrogens (tertiary/aromatic N) is 3. The Kier molecular flexibility index (Phi) is 5.92. The van der Waals surface area contributed by atoms with Crippen LogP contribution in [0.5, 0.6) is 23.0 Å². The van der Waals surface area contributed by atoms with Crippen molar-refractivity contribution in [2.75, 3.05) is 19.5 Å². The van der Waals surface area contributed by atoms with E-state index in [2.05, 4.69) is 10.4 Å². The van der Waals surface area contributed by atoms with E-state index < -0.39 is 17.0 Å². The van der Waals surface area contributed by atoms with Gasteiger partial charge in [0.1, 0.15) is 0 Å². The van der Waals surface area contributed by atoms with Crippen molar-refractivity contribution in [1.29, 1.82) is 0 Å². The highest BCUT2D eigenvalue weighted by atomic mass is 16.6. The van der Waals surface area contributed by atoms with E-state index in [9.17, 15) is 25.1 Å². The summed E-state index contributed by atoms with van der Waals surface area (Å²) < 4.78 is 10.3. The predicted octanol–water partition coefficient (Wildman–Crippen LogP) is 3.62. The summed E-state index contributed by atoms with van der Waals surface area (Å²) in [5.41, 5.74) is 1.37. The fraction of sp³-hybridized carbons (Fsp3) is 0.130. The van der Waals surface area contributed by atoms with Gasteiger partial charge >= 0.3 is 0 Å². The monoisotopic (exact) mass is 464 g/mol. The van der Waals surface area contributed by atoms with E-state index >= 15 is 0 Å². The first-order chi connectivity index (χ1) is 16.3. The molecule has 0 unspecified atom stereocenters. The number of hydrogen-bond donors (Lipinski definition) is 3. The number of rotatable bonds is 6. The second-order valence-corrected chi connectivity index (χ2v) is 7.29. The van der Waals surface area contributed by atoms with Gasteiger partial charge in [0.25, 0.3) is 11.6 Å². The molecule has 1 aliphatic heterocycles. The number of phenolic OH excluding ortho intramolecular Hbond substituents is 2. The molecule has 0 radical (unpaired) electrons. The fourth-order valence-corrected chi connectivity index (χ4v) is 3.51. The summed E-state index contributed by atoms with van der Waals surface area (Å²) in [6, 6.07) is 13.0. The Labute approximate surface area is 193 Å². The van der Waals surface area contributed by atoms with Crippen LogP contribution in [-0.2, 0) is 0 Å². The third-order valence-corrected chi connectivity index (χ3v) is 5.24. The number of ether oxygens (including phenoxy) is 2. The van der Waals surface area contributed by atoms with E-state index in [-0.39, 0.29) is 39.9 Å². The Hall–Kier alpha value is -4.80. The number of nitro benzene ring substituents is 1. The van der Waals surface area contributed by atoms with Gasteiger partial charge in [-0.3, -0.25) is 14.9 Å². The molecule has 1 heterocycles. The molecule has 0 aromatic heterocycles. The summed E-state index contributed by atoms with van der Waals surface area (Å²) in [5, 5.41) is 39.6. The van der Waals surface area contributed by atoms with Gasteiger partial charge in [-0.15, -0.1) is 0 Å². The van der Waals surface area contributed by atoms with Crippen LogP contribution in [0.15, 0.2) is 59.7 Å². The van der Waals surface area contributed by atoms with Gasteiger partial charge in [-0.05, 0) is 42.0 Å². The number of benzene rings is 3. The van der Waals surface area contributed by atoms with Crippen LogP contribution in [-0.4, -0.2) is 46.5 Å². The third-order valence-electron chi connectivity index (χ3n) is 5.24. The molecule has 0 saturated carbocycles. The molecule has 11 nitrogen and oxygen atoms in total. The van der Waals surface area contributed by atoms with Gasteiger partial charge in [-0.2, -0.15) is 5.10 Å². The number of amides is 1. The van der Waals surface area contributed by atoms with Crippen LogP contribution in [0.1, 0.15) is 27.7 Å². The van der Waals surface area contributed by atoms with Gasteiger partial charge < -0.3 is 25.0 Å². The highest BCUT2D eigenvalue weighted by Gasteiger charge is 2.34. The number of fused-ring (bicyclic) bond motifs is 1. The lowest BCUT2D eigenvalue weighted by molar-refractivity contribution is -0.384. The molecular weight excluding hydrogens is 444 g/mol. The summed E-state index contributed by atoms with van der Waals surface area (Å²) in [7, 11) is 2.81. The molecule has 3 aromatic rings. The number of phenols is 2. The maximum Gasteiger partial charge on any atom is 0.278 e. The molecule has 1 amide bonds. The Morgan fingerprint density at radius 3 is 2.38 bits per heavy atom. The number of anilines is 1. The lowest BCUT2D eigenvalue weighted by atomic mass is 10.0. The van der Waals surface area contributed by atoms with Crippen LogP contribution in [0.3, 0.4) is 0 Å². The van der Waals surface area contributed by atoms with Crippen molar-refractivity contribution in [2.45, 2.75) is 6.17 Å². The first-order valence-corrected chi connectivity index (χ1v) is 9.98. The molecule has 0 fully saturated rings. The van der Waals surface area contributed by atoms with E-state index in [0.29, 0.717) is 11.1 Å². The molecule has 0 saturated heterocycles. The zero-order valence-electron chi connectivity index (χ0n) is 18.1. The molecule has 0 aliphatic carbocycles. The van der Waals surface area contributed by atoms with Crippen molar-refractivity contribution in [1.82, 2.24) is 5.01 Å². The van der Waals surface area contributed by atoms with Gasteiger partial charge in [0.05, 0.1) is 36.6 Å². The van der Waals surface area contributed by atoms with Crippen molar-refractivity contribution in [2.24, 2.45) is 5.10 Å². The molecule has 3 aromatic carbocycles. The van der Waals surface area contributed by atoms with Crippen molar-refractivity contribution < 1.29 is 29.4 Å². The van der Waals surface area contributed by atoms with Crippen LogP contribution in [0, 0.1) is 10.1 Å². The SMILES string of the molecule is COc1cc(/C=N\N2C(=O)c3ccc([N+](=O)[O-])cc3N[C@H]2c2ccc(O)c(OC)c2)ccc1O. The standard InChI is InChI=1S/C23H20N4O7/c1-33-20-9-13(3-7-18(20)28)12-24-26-22(14-4-8-19(29)21(10-14)34-2)25-17-11-15(27(31)32)5-6-16(17)23(26)30/h3-12,22,25,28-29H,1-2H3/b24-12-/t22-/m1/s1. The summed E-state index contributed by atoms with van der Waals surface area (Å²) in [4.78, 5) is 24.0. The number of non-ortho nitro benzene ring substituents is 1. The van der Waals surface area contributed by atoms with Crippen LogP contribution in [0.4, 0.5) is 11.4 Å². The number of carbonyl (C=O) groups excluding carboxylic acids is 1. The average molecular weight is 464 g/mol. The minimum Gasteiger partial charge on any atom is -0.504 e. The Bertz CT molecular complexity index is 1310. The maximum atomic E-state index is 13.4. The van der Waals surface area contributed by atoms with E-state index in [0.717, 1.165) is 0 Å². The average Bonchev–Trinajstić information content (AvgIpc) is 2.84. The number of carbonyl (C=O) groups is 1. The second kappa shape index (κ2) is 8.98. The quantitative estimate of drug-likeness (QED) is 0.285. The van der Waals surface area contributed by atoms with Crippen LogP contribution >= 0.6 is 0 Å². The molecule has 4 rings (SSSR count). The van der Waals surface area contributed by atoms with E-state index in [1.807, 2.05) is 0 Å². The van der Waals surface area contributed by atoms with Crippen LogP contribution < -0.4 is 14.8 Å². The predicted molar refractivity (Wildman–Crippen MR) is 123 cm³/mol. The molecule has 1 aliphatic rings. The molecule has 11 heteroatoms. The molecule has 0 spiro atoms. The zero-order valence-corrected chi connectivity index (χ0v) is 18.1. The fourth-order valence-electron chi connectivity index (χ4n) is 3.51. The summed E-state index contributed by atoms with van der Waals surface area (Å²) >= 11 is 0. The minimum absolute atomic E-state index is 0.0417. The lowest BCUT2D eigenvalue weighted by Crippen LogP contribution is -2.39. The summed E-state index contributed by atoms with van der Waals surface area (Å²) in [6.45, 7) is 0. The summed E-state index contributed by atoms with van der Waals surface area (Å²) in [5.74, 6) is -0.202. The van der Waals surface area contributed by atoms with Crippen molar-refractivity contribution in [3.05, 3.63) is 81.4 Å². The molecule has 0 bridgehead atoms. The number of nitro groups is 1. The first kappa shape index (κ1) is 22.4. The van der Waals surface area contributed by atoms with Crippen molar-refractivity contribution in [3.8, 4) is 23.0 Å². The van der Waals surface area contributed by atoms with Gasteiger partial charge in [-0.25, -0.2) is 5.01 Å². The number of hydrogen-bond acceptors (Lipinski definition) is 9. The number of aromatic hydroxyl groups is 2. The van der Waals surface area contributed by atoms with Crippen molar-refractivity contribution >= 4 is 23.5 Å². The van der Waals surface area contributed by atoms with Gasteiger partial charge in [0.2, 0.25) is 0 Å². The number of methoxy groups -OCH3 is 2. The normalized spacial score (nSPS) is 15.1.